The summed E-state index contributed by atoms with van der Waals surface area (Å²) in [7, 11) is 1.96. The molecule has 0 aliphatic carbocycles. The average molecular weight is 270 g/mol. The van der Waals surface area contributed by atoms with Crippen LogP contribution in [0, 0.1) is 0 Å². The molecule has 2 N–H and O–H groups in total. The van der Waals surface area contributed by atoms with Gasteiger partial charge in [0.05, 0.1) is 6.42 Å². The van der Waals surface area contributed by atoms with Gasteiger partial charge in [-0.05, 0) is 25.9 Å². The lowest BCUT2D eigenvalue weighted by atomic mass is 9.97. The first kappa shape index (κ1) is 13.4. The average Bonchev–Trinajstić information content (AvgIpc) is 2.72. The lowest BCUT2D eigenvalue weighted by Gasteiger charge is -2.21. The van der Waals surface area contributed by atoms with E-state index in [9.17, 15) is 4.79 Å². The lowest BCUT2D eigenvalue weighted by Crippen LogP contribution is -2.27. The minimum atomic E-state index is -0.775. The van der Waals surface area contributed by atoms with Gasteiger partial charge in [-0.2, -0.15) is 0 Å². The predicted octanol–water partition coefficient (Wildman–Crippen LogP) is 0.849. The van der Waals surface area contributed by atoms with Gasteiger partial charge in [0.25, 0.3) is 0 Å². The summed E-state index contributed by atoms with van der Waals surface area (Å²) in [6.07, 6.45) is 2.33. The number of aliphatic carboxylic acids is 1. The largest absolute Gasteiger partial charge is 0.481 e. The van der Waals surface area contributed by atoms with Gasteiger partial charge in [0.2, 0.25) is 0 Å². The van der Waals surface area contributed by atoms with Crippen molar-refractivity contribution in [2.75, 3.05) is 18.8 Å². The summed E-state index contributed by atoms with van der Waals surface area (Å²) >= 11 is 1.45. The van der Waals surface area contributed by atoms with Crippen LogP contribution in [-0.4, -0.2) is 44.7 Å². The molecule has 1 saturated heterocycles. The number of aromatic nitrogens is 3. The van der Waals surface area contributed by atoms with Crippen LogP contribution in [0.3, 0.4) is 0 Å². The molecule has 0 amide bonds. The molecule has 1 fully saturated rings. The maximum absolute atomic E-state index is 10.5. The molecule has 7 heteroatoms. The highest BCUT2D eigenvalue weighted by atomic mass is 32.2. The number of hydrogen-bond donors (Lipinski definition) is 2. The molecule has 6 nitrogen and oxygen atoms in total. The van der Waals surface area contributed by atoms with Crippen LogP contribution < -0.4 is 5.32 Å². The molecule has 0 atom stereocenters. The minimum Gasteiger partial charge on any atom is -0.481 e. The van der Waals surface area contributed by atoms with Gasteiger partial charge in [-0.3, -0.25) is 4.79 Å². The van der Waals surface area contributed by atoms with Crippen molar-refractivity contribution in [3.8, 4) is 0 Å². The van der Waals surface area contributed by atoms with Gasteiger partial charge >= 0.3 is 5.97 Å². The number of thioether (sulfide) groups is 1. The third-order valence-corrected chi connectivity index (χ3v) is 4.14. The molecule has 0 spiro atoms. The van der Waals surface area contributed by atoms with Crippen LogP contribution in [0.15, 0.2) is 5.16 Å². The number of nitrogens with zero attached hydrogens (tertiary/aromatic N) is 3. The summed E-state index contributed by atoms with van der Waals surface area (Å²) in [6.45, 7) is 2.05. The van der Waals surface area contributed by atoms with E-state index in [1.807, 2.05) is 11.6 Å². The fraction of sp³-hybridized carbons (Fsp3) is 0.727. The van der Waals surface area contributed by atoms with Crippen molar-refractivity contribution in [2.45, 2.75) is 30.3 Å². The molecule has 0 aromatic carbocycles. The Bertz CT molecular complexity index is 415. The van der Waals surface area contributed by atoms with Crippen molar-refractivity contribution in [1.82, 2.24) is 20.1 Å². The van der Waals surface area contributed by atoms with Crippen molar-refractivity contribution in [3.05, 3.63) is 5.82 Å². The molecule has 0 radical (unpaired) electrons. The minimum absolute atomic E-state index is 0.153. The molecule has 2 heterocycles. The van der Waals surface area contributed by atoms with Gasteiger partial charge in [0, 0.05) is 18.7 Å². The second kappa shape index (κ2) is 6.19. The molecule has 0 unspecified atom stereocenters. The van der Waals surface area contributed by atoms with Crippen molar-refractivity contribution in [1.29, 1.82) is 0 Å². The number of rotatable bonds is 5. The van der Waals surface area contributed by atoms with E-state index in [4.69, 9.17) is 5.11 Å². The smallest absolute Gasteiger partial charge is 0.304 e. The molecule has 100 valence electrons. The van der Waals surface area contributed by atoms with Crippen LogP contribution in [-0.2, 0) is 11.8 Å². The highest BCUT2D eigenvalue weighted by Crippen LogP contribution is 2.26. The molecule has 1 aliphatic rings. The number of carbonyl (C=O) groups is 1. The Morgan fingerprint density at radius 2 is 2.22 bits per heavy atom. The fourth-order valence-electron chi connectivity index (χ4n) is 2.12. The first-order valence-electron chi connectivity index (χ1n) is 6.13. The first-order valence-corrected chi connectivity index (χ1v) is 7.11. The van der Waals surface area contributed by atoms with Crippen LogP contribution in [0.1, 0.15) is 31.0 Å². The summed E-state index contributed by atoms with van der Waals surface area (Å²) in [5.41, 5.74) is 0. The van der Waals surface area contributed by atoms with Gasteiger partial charge in [0.1, 0.15) is 5.82 Å². The van der Waals surface area contributed by atoms with Gasteiger partial charge in [-0.25, -0.2) is 0 Å². The Balaban J connectivity index is 1.96. The SMILES string of the molecule is Cn1c(SCCC(=O)O)nnc1C1CCNCC1. The topological polar surface area (TPSA) is 80.0 Å². The number of nitrogens with one attached hydrogen (secondary N) is 1. The summed E-state index contributed by atoms with van der Waals surface area (Å²) in [5, 5.41) is 21.2. The molecule has 0 saturated carbocycles. The number of piperidine rings is 1. The van der Waals surface area contributed by atoms with E-state index < -0.39 is 5.97 Å². The Morgan fingerprint density at radius 3 is 2.89 bits per heavy atom. The third-order valence-electron chi connectivity index (χ3n) is 3.12. The lowest BCUT2D eigenvalue weighted by molar-refractivity contribution is -0.136. The van der Waals surface area contributed by atoms with Gasteiger partial charge in [-0.1, -0.05) is 11.8 Å². The number of hydrogen-bond acceptors (Lipinski definition) is 5. The Morgan fingerprint density at radius 1 is 1.50 bits per heavy atom. The van der Waals surface area contributed by atoms with Crippen molar-refractivity contribution >= 4 is 17.7 Å². The van der Waals surface area contributed by atoms with Crippen LogP contribution in [0.25, 0.3) is 0 Å². The normalized spacial score (nSPS) is 16.9. The summed E-state index contributed by atoms with van der Waals surface area (Å²) in [6, 6.07) is 0. The van der Waals surface area contributed by atoms with Crippen LogP contribution in [0.2, 0.25) is 0 Å². The van der Waals surface area contributed by atoms with E-state index >= 15 is 0 Å². The monoisotopic (exact) mass is 270 g/mol. The second-order valence-electron chi connectivity index (χ2n) is 4.42. The third kappa shape index (κ3) is 3.23. The molecule has 2 rings (SSSR count). The molecular weight excluding hydrogens is 252 g/mol. The maximum atomic E-state index is 10.5. The fourth-order valence-corrected chi connectivity index (χ4v) is 2.96. The van der Waals surface area contributed by atoms with E-state index in [0.717, 1.165) is 36.9 Å². The summed E-state index contributed by atoms with van der Waals surface area (Å²) in [4.78, 5) is 10.5. The first-order chi connectivity index (χ1) is 8.68. The zero-order valence-electron chi connectivity index (χ0n) is 10.4. The van der Waals surface area contributed by atoms with Crippen molar-refractivity contribution < 1.29 is 9.90 Å². The van der Waals surface area contributed by atoms with E-state index in [0.29, 0.717) is 11.7 Å². The van der Waals surface area contributed by atoms with Crippen LogP contribution >= 0.6 is 11.8 Å². The summed E-state index contributed by atoms with van der Waals surface area (Å²) < 4.78 is 2.00. The number of carboxylic acids is 1. The molecule has 18 heavy (non-hydrogen) atoms. The maximum Gasteiger partial charge on any atom is 0.304 e. The Kier molecular flexibility index (Phi) is 4.60. The van der Waals surface area contributed by atoms with E-state index in [1.165, 1.54) is 11.8 Å². The van der Waals surface area contributed by atoms with E-state index in [-0.39, 0.29) is 6.42 Å². The number of carboxylic acid groups (broad SMARTS) is 1. The zero-order chi connectivity index (χ0) is 13.0. The molecule has 1 aromatic rings. The van der Waals surface area contributed by atoms with Crippen LogP contribution in [0.5, 0.6) is 0 Å². The van der Waals surface area contributed by atoms with Gasteiger partial charge in [-0.15, -0.1) is 10.2 Å². The Hall–Kier alpha value is -1.08. The van der Waals surface area contributed by atoms with Crippen LogP contribution in [0.4, 0.5) is 0 Å². The molecule has 0 bridgehead atoms. The molecule has 1 aromatic heterocycles. The van der Waals surface area contributed by atoms with Gasteiger partial charge in [0.15, 0.2) is 5.16 Å². The highest BCUT2D eigenvalue weighted by molar-refractivity contribution is 7.99. The van der Waals surface area contributed by atoms with Crippen molar-refractivity contribution in [3.63, 3.8) is 0 Å². The summed E-state index contributed by atoms with van der Waals surface area (Å²) in [5.74, 6) is 1.25. The quantitative estimate of drug-likeness (QED) is 0.772. The van der Waals surface area contributed by atoms with Gasteiger partial charge < -0.3 is 15.0 Å². The standard InChI is InChI=1S/C11H18N4O2S/c1-15-10(8-2-5-12-6-3-8)13-14-11(15)18-7-4-9(16)17/h8,12H,2-7H2,1H3,(H,16,17). The van der Waals surface area contributed by atoms with E-state index in [2.05, 4.69) is 15.5 Å². The molecular formula is C11H18N4O2S. The second-order valence-corrected chi connectivity index (χ2v) is 5.48. The van der Waals surface area contributed by atoms with Crippen molar-refractivity contribution in [2.24, 2.45) is 7.05 Å². The predicted molar refractivity (Wildman–Crippen MR) is 68.8 cm³/mol. The zero-order valence-corrected chi connectivity index (χ0v) is 11.2. The van der Waals surface area contributed by atoms with E-state index in [1.54, 1.807) is 0 Å². The Labute approximate surface area is 110 Å². The molecule has 1 aliphatic heterocycles. The highest BCUT2D eigenvalue weighted by Gasteiger charge is 2.21.